The molecule has 1 amide bonds. The molecule has 7 nitrogen and oxygen atoms in total. The monoisotopic (exact) mass is 336 g/mol. The molecule has 122 valence electrons. The summed E-state index contributed by atoms with van der Waals surface area (Å²) in [7, 11) is 1.49. The summed E-state index contributed by atoms with van der Waals surface area (Å²) in [5.41, 5.74) is 0. The summed E-state index contributed by atoms with van der Waals surface area (Å²) in [6.45, 7) is 1.07. The van der Waals surface area contributed by atoms with Gasteiger partial charge in [0.25, 0.3) is 0 Å². The Labute approximate surface area is 138 Å². The molecule has 8 heteroatoms. The number of hydrogen-bond acceptors (Lipinski definition) is 6. The number of furan rings is 1. The fourth-order valence-electron chi connectivity index (χ4n) is 2.64. The van der Waals surface area contributed by atoms with E-state index < -0.39 is 0 Å². The van der Waals surface area contributed by atoms with Crippen LogP contribution in [0.5, 0.6) is 6.01 Å². The van der Waals surface area contributed by atoms with Gasteiger partial charge in [-0.1, -0.05) is 11.6 Å². The van der Waals surface area contributed by atoms with Gasteiger partial charge in [-0.15, -0.1) is 0 Å². The lowest BCUT2D eigenvalue weighted by Crippen LogP contribution is -2.43. The minimum absolute atomic E-state index is 0.0763. The second kappa shape index (κ2) is 6.87. The van der Waals surface area contributed by atoms with Crippen molar-refractivity contribution in [3.05, 3.63) is 35.4 Å². The number of ether oxygens (including phenoxy) is 1. The Morgan fingerprint density at radius 2 is 2.48 bits per heavy atom. The van der Waals surface area contributed by atoms with Crippen LogP contribution < -0.4 is 15.0 Å². The molecule has 0 bridgehead atoms. The van der Waals surface area contributed by atoms with E-state index in [4.69, 9.17) is 20.8 Å². The first kappa shape index (κ1) is 15.6. The van der Waals surface area contributed by atoms with Crippen LogP contribution in [0.25, 0.3) is 0 Å². The minimum atomic E-state index is -0.318. The molecule has 1 aliphatic heterocycles. The number of nitrogens with zero attached hydrogens (tertiary/aromatic N) is 3. The number of nitrogens with one attached hydrogen (secondary N) is 1. The number of anilines is 1. The van der Waals surface area contributed by atoms with E-state index >= 15 is 0 Å². The van der Waals surface area contributed by atoms with Gasteiger partial charge >= 0.3 is 6.01 Å². The van der Waals surface area contributed by atoms with E-state index in [1.165, 1.54) is 13.3 Å². The lowest BCUT2D eigenvalue weighted by Gasteiger charge is -2.25. The predicted octanol–water partition coefficient (Wildman–Crippen LogP) is 2.02. The molecule has 0 radical (unpaired) electrons. The summed E-state index contributed by atoms with van der Waals surface area (Å²) >= 11 is 6.19. The highest BCUT2D eigenvalue weighted by atomic mass is 35.5. The Balaban J connectivity index is 1.73. The van der Waals surface area contributed by atoms with Crippen molar-refractivity contribution in [2.75, 3.05) is 18.6 Å². The van der Waals surface area contributed by atoms with Crippen LogP contribution in [0.3, 0.4) is 0 Å². The molecule has 0 spiro atoms. The molecule has 1 atom stereocenters. The van der Waals surface area contributed by atoms with E-state index in [2.05, 4.69) is 15.3 Å². The number of methoxy groups -OCH3 is 1. The quantitative estimate of drug-likeness (QED) is 0.899. The second-order valence-electron chi connectivity index (χ2n) is 5.18. The van der Waals surface area contributed by atoms with Crippen molar-refractivity contribution in [3.8, 4) is 6.01 Å². The van der Waals surface area contributed by atoms with Crippen LogP contribution in [0.2, 0.25) is 5.02 Å². The molecule has 1 fully saturated rings. The number of carbonyl (C=O) groups excluding carboxylic acids is 1. The first-order chi connectivity index (χ1) is 11.2. The molecule has 2 aromatic heterocycles. The maximum atomic E-state index is 12.5. The van der Waals surface area contributed by atoms with E-state index in [1.54, 1.807) is 12.3 Å². The zero-order valence-electron chi connectivity index (χ0n) is 12.7. The maximum Gasteiger partial charge on any atom is 0.318 e. The fourth-order valence-corrected chi connectivity index (χ4v) is 2.84. The SMILES string of the molecule is COc1ncc(Cl)c(N2CCC[C@H]2C(=O)NCc2ccco2)n1. The standard InChI is InChI=1S/C15H17ClN4O3/c1-22-15-18-9-11(16)13(19-15)20-6-2-5-12(20)14(21)17-8-10-4-3-7-23-10/h3-4,7,9,12H,2,5-6,8H2,1H3,(H,17,21)/t12-/m0/s1. The van der Waals surface area contributed by atoms with Crippen molar-refractivity contribution < 1.29 is 13.9 Å². The topological polar surface area (TPSA) is 80.5 Å². The minimum Gasteiger partial charge on any atom is -0.467 e. The molecule has 0 aromatic carbocycles. The number of amides is 1. The van der Waals surface area contributed by atoms with Crippen LogP contribution in [-0.2, 0) is 11.3 Å². The summed E-state index contributed by atoms with van der Waals surface area (Å²) in [6.07, 6.45) is 4.70. The van der Waals surface area contributed by atoms with E-state index in [0.717, 1.165) is 12.8 Å². The molecule has 1 saturated heterocycles. The van der Waals surface area contributed by atoms with Gasteiger partial charge in [0.15, 0.2) is 5.82 Å². The number of aromatic nitrogens is 2. The lowest BCUT2D eigenvalue weighted by atomic mass is 10.2. The van der Waals surface area contributed by atoms with Gasteiger partial charge in [-0.2, -0.15) is 4.98 Å². The fraction of sp³-hybridized carbons (Fsp3) is 0.400. The number of carbonyl (C=O) groups is 1. The van der Waals surface area contributed by atoms with E-state index in [-0.39, 0.29) is 18.0 Å². The highest BCUT2D eigenvalue weighted by Crippen LogP contribution is 2.30. The Morgan fingerprint density at radius 1 is 1.61 bits per heavy atom. The van der Waals surface area contributed by atoms with Gasteiger partial charge in [-0.3, -0.25) is 4.79 Å². The summed E-state index contributed by atoms with van der Waals surface area (Å²) in [5.74, 6) is 1.16. The molecule has 1 aliphatic rings. The van der Waals surface area contributed by atoms with Gasteiger partial charge in [0.1, 0.15) is 16.8 Å². The highest BCUT2D eigenvalue weighted by molar-refractivity contribution is 6.32. The van der Waals surface area contributed by atoms with Crippen molar-refractivity contribution in [1.29, 1.82) is 0 Å². The molecule has 3 rings (SSSR count). The van der Waals surface area contributed by atoms with Gasteiger partial charge in [-0.05, 0) is 25.0 Å². The van der Waals surface area contributed by atoms with Crippen LogP contribution >= 0.6 is 11.6 Å². The Kier molecular flexibility index (Phi) is 4.66. The second-order valence-corrected chi connectivity index (χ2v) is 5.58. The zero-order valence-corrected chi connectivity index (χ0v) is 13.4. The van der Waals surface area contributed by atoms with Crippen molar-refractivity contribution in [1.82, 2.24) is 15.3 Å². The van der Waals surface area contributed by atoms with Gasteiger partial charge in [0.05, 0.1) is 26.1 Å². The average Bonchev–Trinajstić information content (AvgIpc) is 3.24. The third-order valence-corrected chi connectivity index (χ3v) is 4.00. The van der Waals surface area contributed by atoms with Gasteiger partial charge < -0.3 is 19.4 Å². The van der Waals surface area contributed by atoms with E-state index in [1.807, 2.05) is 11.0 Å². The van der Waals surface area contributed by atoms with E-state index in [0.29, 0.717) is 29.7 Å². The largest absolute Gasteiger partial charge is 0.467 e. The van der Waals surface area contributed by atoms with Crippen LogP contribution in [0.4, 0.5) is 5.82 Å². The number of rotatable bonds is 5. The van der Waals surface area contributed by atoms with Gasteiger partial charge in [0.2, 0.25) is 5.91 Å². The normalized spacial score (nSPS) is 17.3. The lowest BCUT2D eigenvalue weighted by molar-refractivity contribution is -0.122. The molecule has 0 aliphatic carbocycles. The third-order valence-electron chi connectivity index (χ3n) is 3.73. The third kappa shape index (κ3) is 3.39. The number of hydrogen-bond donors (Lipinski definition) is 1. The van der Waals surface area contributed by atoms with Crippen molar-refractivity contribution >= 4 is 23.3 Å². The molecule has 0 saturated carbocycles. The first-order valence-corrected chi connectivity index (χ1v) is 7.70. The van der Waals surface area contributed by atoms with Crippen molar-refractivity contribution in [2.24, 2.45) is 0 Å². The van der Waals surface area contributed by atoms with Crippen molar-refractivity contribution in [2.45, 2.75) is 25.4 Å². The molecule has 3 heterocycles. The van der Waals surface area contributed by atoms with Gasteiger partial charge in [0, 0.05) is 6.54 Å². The highest BCUT2D eigenvalue weighted by Gasteiger charge is 2.33. The van der Waals surface area contributed by atoms with Crippen LogP contribution in [-0.4, -0.2) is 35.6 Å². The summed E-state index contributed by atoms with van der Waals surface area (Å²) in [6, 6.07) is 3.52. The Morgan fingerprint density at radius 3 is 3.22 bits per heavy atom. The molecule has 23 heavy (non-hydrogen) atoms. The van der Waals surface area contributed by atoms with Crippen LogP contribution in [0, 0.1) is 0 Å². The molecule has 2 aromatic rings. The van der Waals surface area contributed by atoms with E-state index in [9.17, 15) is 4.79 Å². The van der Waals surface area contributed by atoms with Crippen molar-refractivity contribution in [3.63, 3.8) is 0 Å². The average molecular weight is 337 g/mol. The molecular weight excluding hydrogens is 320 g/mol. The maximum absolute atomic E-state index is 12.5. The summed E-state index contributed by atoms with van der Waals surface area (Å²) in [4.78, 5) is 22.6. The zero-order chi connectivity index (χ0) is 16.2. The molecule has 1 N–H and O–H groups in total. The first-order valence-electron chi connectivity index (χ1n) is 7.32. The predicted molar refractivity (Wildman–Crippen MR) is 84.5 cm³/mol. The Bertz CT molecular complexity index is 677. The smallest absolute Gasteiger partial charge is 0.318 e. The molecule has 0 unspecified atom stereocenters. The number of halogens is 1. The Hall–Kier alpha value is -2.28. The van der Waals surface area contributed by atoms with Crippen LogP contribution in [0.15, 0.2) is 29.0 Å². The molecular formula is C15H17ClN4O3. The van der Waals surface area contributed by atoms with Gasteiger partial charge in [-0.25, -0.2) is 4.98 Å². The summed E-state index contributed by atoms with van der Waals surface area (Å²) < 4.78 is 10.3. The summed E-state index contributed by atoms with van der Waals surface area (Å²) in [5, 5.41) is 3.28. The van der Waals surface area contributed by atoms with Crippen LogP contribution in [0.1, 0.15) is 18.6 Å².